The Morgan fingerprint density at radius 1 is 1.20 bits per heavy atom. The number of hydrogen-bond acceptors (Lipinski definition) is 2. The number of rotatable bonds is 3. The Morgan fingerprint density at radius 3 is 2.87 bits per heavy atom. The lowest BCUT2D eigenvalue weighted by atomic mass is 10.2. The van der Waals surface area contributed by atoms with E-state index in [4.69, 9.17) is 0 Å². The van der Waals surface area contributed by atoms with Gasteiger partial charge in [0.1, 0.15) is 0 Å². The maximum absolute atomic E-state index is 11.4. The number of aromatic nitrogens is 2. The molecule has 0 fully saturated rings. The fourth-order valence-electron chi connectivity index (χ4n) is 1.44. The Balaban J connectivity index is 2.06. The maximum atomic E-state index is 11.4. The molecule has 3 nitrogen and oxygen atoms in total. The second kappa shape index (κ2) is 4.55. The van der Waals surface area contributed by atoms with Crippen LogP contribution in [0.3, 0.4) is 0 Å². The first-order chi connectivity index (χ1) is 7.36. The Morgan fingerprint density at radius 2 is 2.13 bits per heavy atom. The predicted molar refractivity (Wildman–Crippen MR) is 58.6 cm³/mol. The van der Waals surface area contributed by atoms with E-state index in [1.165, 1.54) is 0 Å². The van der Waals surface area contributed by atoms with Crippen molar-refractivity contribution in [3.8, 4) is 0 Å². The molecule has 0 unspecified atom stereocenters. The molecular formula is C12H12N2O. The quantitative estimate of drug-likeness (QED) is 0.752. The normalized spacial score (nSPS) is 10.1. The number of hydrogen-bond donors (Lipinski definition) is 0. The molecule has 0 radical (unpaired) electrons. The highest BCUT2D eigenvalue weighted by Crippen LogP contribution is 1.98. The third kappa shape index (κ3) is 2.53. The molecule has 3 heteroatoms. The van der Waals surface area contributed by atoms with Gasteiger partial charge in [-0.1, -0.05) is 12.1 Å². The van der Waals surface area contributed by atoms with Gasteiger partial charge in [0, 0.05) is 31.2 Å². The predicted octanol–water partition coefficient (Wildman–Crippen LogP) is 1.49. The average Bonchev–Trinajstić information content (AvgIpc) is 2.29. The summed E-state index contributed by atoms with van der Waals surface area (Å²) in [7, 11) is 0. The Kier molecular flexibility index (Phi) is 2.93. The Hall–Kier alpha value is -1.90. The van der Waals surface area contributed by atoms with Crippen LogP contribution < -0.4 is 5.56 Å². The molecule has 0 aliphatic rings. The molecule has 2 rings (SSSR count). The van der Waals surface area contributed by atoms with Gasteiger partial charge in [-0.05, 0) is 24.1 Å². The molecule has 76 valence electrons. The lowest BCUT2D eigenvalue weighted by Gasteiger charge is -2.04. The van der Waals surface area contributed by atoms with Gasteiger partial charge in [-0.3, -0.25) is 9.78 Å². The molecule has 0 bridgehead atoms. The summed E-state index contributed by atoms with van der Waals surface area (Å²) < 4.78 is 1.70. The summed E-state index contributed by atoms with van der Waals surface area (Å²) in [5, 5.41) is 0. The zero-order chi connectivity index (χ0) is 10.5. The van der Waals surface area contributed by atoms with Gasteiger partial charge >= 0.3 is 0 Å². The van der Waals surface area contributed by atoms with Gasteiger partial charge in [0.25, 0.3) is 5.56 Å². The van der Waals surface area contributed by atoms with E-state index in [1.807, 2.05) is 24.4 Å². The van der Waals surface area contributed by atoms with Crippen molar-refractivity contribution in [1.29, 1.82) is 0 Å². The van der Waals surface area contributed by atoms with E-state index >= 15 is 0 Å². The summed E-state index contributed by atoms with van der Waals surface area (Å²) in [5.41, 5.74) is 1.19. The molecule has 0 atom stereocenters. The van der Waals surface area contributed by atoms with Gasteiger partial charge in [0.2, 0.25) is 0 Å². The largest absolute Gasteiger partial charge is 0.315 e. The van der Waals surface area contributed by atoms with Crippen LogP contribution in [-0.2, 0) is 13.0 Å². The Bertz CT molecular complexity index is 476. The Labute approximate surface area is 88.0 Å². The monoisotopic (exact) mass is 200 g/mol. The summed E-state index contributed by atoms with van der Waals surface area (Å²) in [6, 6.07) is 9.11. The minimum Gasteiger partial charge on any atom is -0.315 e. The van der Waals surface area contributed by atoms with Crippen molar-refractivity contribution in [3.63, 3.8) is 0 Å². The van der Waals surface area contributed by atoms with Crippen LogP contribution in [0.4, 0.5) is 0 Å². The molecule has 2 aromatic rings. The lowest BCUT2D eigenvalue weighted by Crippen LogP contribution is -2.18. The van der Waals surface area contributed by atoms with Crippen LogP contribution in [0.1, 0.15) is 5.56 Å². The number of nitrogens with zero attached hydrogens (tertiary/aromatic N) is 2. The van der Waals surface area contributed by atoms with Crippen LogP contribution in [0, 0.1) is 0 Å². The van der Waals surface area contributed by atoms with Gasteiger partial charge in [-0.2, -0.15) is 0 Å². The molecule has 0 amide bonds. The first-order valence-corrected chi connectivity index (χ1v) is 4.90. The molecule has 0 aliphatic heterocycles. The standard InChI is InChI=1S/C12H12N2O/c15-12-5-1-2-8-14(12)9-6-11-4-3-7-13-10-11/h1-5,7-8,10H,6,9H2. The molecule has 0 aromatic carbocycles. The van der Waals surface area contributed by atoms with Crippen LogP contribution in [-0.4, -0.2) is 9.55 Å². The zero-order valence-corrected chi connectivity index (χ0v) is 8.34. The zero-order valence-electron chi connectivity index (χ0n) is 8.34. The second-order valence-corrected chi connectivity index (χ2v) is 3.34. The van der Waals surface area contributed by atoms with Gasteiger partial charge in [-0.15, -0.1) is 0 Å². The van der Waals surface area contributed by atoms with E-state index < -0.39 is 0 Å². The molecular weight excluding hydrogens is 188 g/mol. The fourth-order valence-corrected chi connectivity index (χ4v) is 1.44. The molecule has 0 aliphatic carbocycles. The van der Waals surface area contributed by atoms with E-state index in [2.05, 4.69) is 4.98 Å². The van der Waals surface area contributed by atoms with Crippen molar-refractivity contribution in [2.75, 3.05) is 0 Å². The van der Waals surface area contributed by atoms with Gasteiger partial charge in [-0.25, -0.2) is 0 Å². The molecule has 2 aromatic heterocycles. The molecule has 0 N–H and O–H groups in total. The van der Waals surface area contributed by atoms with Crippen LogP contribution in [0.15, 0.2) is 53.7 Å². The highest BCUT2D eigenvalue weighted by molar-refractivity contribution is 5.08. The van der Waals surface area contributed by atoms with Crippen molar-refractivity contribution in [2.45, 2.75) is 13.0 Å². The minimum absolute atomic E-state index is 0.0430. The lowest BCUT2D eigenvalue weighted by molar-refractivity contribution is 0.668. The second-order valence-electron chi connectivity index (χ2n) is 3.34. The van der Waals surface area contributed by atoms with Crippen molar-refractivity contribution < 1.29 is 0 Å². The topological polar surface area (TPSA) is 34.9 Å². The highest BCUT2D eigenvalue weighted by Gasteiger charge is 1.95. The van der Waals surface area contributed by atoms with Crippen LogP contribution in [0.2, 0.25) is 0 Å². The molecule has 15 heavy (non-hydrogen) atoms. The SMILES string of the molecule is O=c1ccccn1CCc1cccnc1. The summed E-state index contributed by atoms with van der Waals surface area (Å²) >= 11 is 0. The summed E-state index contributed by atoms with van der Waals surface area (Å²) in [6.07, 6.45) is 6.21. The molecule has 2 heterocycles. The highest BCUT2D eigenvalue weighted by atomic mass is 16.1. The van der Waals surface area contributed by atoms with Crippen LogP contribution in [0.25, 0.3) is 0 Å². The van der Waals surface area contributed by atoms with E-state index in [0.29, 0.717) is 6.54 Å². The van der Waals surface area contributed by atoms with Crippen molar-refractivity contribution >= 4 is 0 Å². The maximum Gasteiger partial charge on any atom is 0.250 e. The van der Waals surface area contributed by atoms with Crippen LogP contribution >= 0.6 is 0 Å². The third-order valence-electron chi connectivity index (χ3n) is 2.26. The summed E-state index contributed by atoms with van der Waals surface area (Å²) in [4.78, 5) is 15.4. The first-order valence-electron chi connectivity index (χ1n) is 4.90. The summed E-state index contributed by atoms with van der Waals surface area (Å²) in [6.45, 7) is 0.700. The van der Waals surface area contributed by atoms with Crippen molar-refractivity contribution in [1.82, 2.24) is 9.55 Å². The van der Waals surface area contributed by atoms with Gasteiger partial charge in [0.05, 0.1) is 0 Å². The van der Waals surface area contributed by atoms with E-state index in [0.717, 1.165) is 12.0 Å². The van der Waals surface area contributed by atoms with Crippen molar-refractivity contribution in [2.24, 2.45) is 0 Å². The van der Waals surface area contributed by atoms with Gasteiger partial charge in [0.15, 0.2) is 0 Å². The minimum atomic E-state index is 0.0430. The van der Waals surface area contributed by atoms with Crippen LogP contribution in [0.5, 0.6) is 0 Å². The van der Waals surface area contributed by atoms with E-state index in [9.17, 15) is 4.79 Å². The van der Waals surface area contributed by atoms with E-state index in [-0.39, 0.29) is 5.56 Å². The number of pyridine rings is 2. The van der Waals surface area contributed by atoms with E-state index in [1.54, 1.807) is 29.1 Å². The third-order valence-corrected chi connectivity index (χ3v) is 2.26. The molecule has 0 saturated heterocycles. The number of aryl methyl sites for hydroxylation is 2. The molecule has 0 spiro atoms. The molecule has 0 saturated carbocycles. The summed E-state index contributed by atoms with van der Waals surface area (Å²) in [5.74, 6) is 0. The average molecular weight is 200 g/mol. The first kappa shape index (κ1) is 9.65. The smallest absolute Gasteiger partial charge is 0.250 e. The van der Waals surface area contributed by atoms with Gasteiger partial charge < -0.3 is 4.57 Å². The fraction of sp³-hybridized carbons (Fsp3) is 0.167. The van der Waals surface area contributed by atoms with Crippen molar-refractivity contribution in [3.05, 3.63) is 64.8 Å².